The number of carboxylic acid groups (broad SMARTS) is 1. The zero-order chi connectivity index (χ0) is 31.3. The van der Waals surface area contributed by atoms with E-state index in [-0.39, 0.29) is 24.1 Å². The van der Waals surface area contributed by atoms with E-state index in [2.05, 4.69) is 26.1 Å². The van der Waals surface area contributed by atoms with Crippen molar-refractivity contribution in [2.24, 2.45) is 11.3 Å². The molecule has 1 aliphatic rings. The second kappa shape index (κ2) is 13.0. The van der Waals surface area contributed by atoms with Crippen molar-refractivity contribution in [2.45, 2.75) is 71.4 Å². The van der Waals surface area contributed by atoms with E-state index >= 15 is 0 Å². The lowest BCUT2D eigenvalue weighted by Crippen LogP contribution is -2.45. The lowest BCUT2D eigenvalue weighted by Gasteiger charge is -2.41. The predicted octanol–water partition coefficient (Wildman–Crippen LogP) is 9.02. The number of alkyl halides is 6. The Labute approximate surface area is 240 Å². The molecule has 0 radical (unpaired) electrons. The Hall–Kier alpha value is -3.76. The Kier molecular flexibility index (Phi) is 10.2. The summed E-state index contributed by atoms with van der Waals surface area (Å²) in [6.45, 7) is 6.51. The highest BCUT2D eigenvalue weighted by Gasteiger charge is 2.38. The van der Waals surface area contributed by atoms with E-state index in [9.17, 15) is 35.9 Å². The maximum atomic E-state index is 13.5. The quantitative estimate of drug-likeness (QED) is 0.190. The average molecular weight is 597 g/mol. The molecule has 0 unspecified atom stereocenters. The number of anilines is 1. The van der Waals surface area contributed by atoms with Crippen LogP contribution in [0.2, 0.25) is 0 Å². The van der Waals surface area contributed by atoms with Crippen molar-refractivity contribution in [1.29, 1.82) is 0 Å². The number of hydrogen-bond donors (Lipinski definition) is 2. The molecule has 2 N–H and O–H groups in total. The summed E-state index contributed by atoms with van der Waals surface area (Å²) in [6, 6.07) is 7.01. The Morgan fingerprint density at radius 3 is 1.90 bits per heavy atom. The fourth-order valence-corrected chi connectivity index (χ4v) is 5.08. The van der Waals surface area contributed by atoms with Gasteiger partial charge in [-0.3, -0.25) is 0 Å². The fourth-order valence-electron chi connectivity index (χ4n) is 5.08. The van der Waals surface area contributed by atoms with E-state index in [0.29, 0.717) is 36.5 Å². The van der Waals surface area contributed by atoms with Crippen molar-refractivity contribution in [2.75, 3.05) is 5.32 Å². The summed E-state index contributed by atoms with van der Waals surface area (Å²) in [7, 11) is 0. The van der Waals surface area contributed by atoms with Crippen LogP contribution in [-0.2, 0) is 23.7 Å². The van der Waals surface area contributed by atoms with Gasteiger partial charge in [0.25, 0.3) is 0 Å². The SMILES string of the molecule is CC(C)(C)C1CCC(N(Cc2ccc(C=CC=CC(=O)O)cc2)C(=O)Nc2cc(C(F)(F)F)cc(C(F)(F)F)c2)CC1. The van der Waals surface area contributed by atoms with Gasteiger partial charge in [-0.05, 0) is 66.3 Å². The number of halogens is 6. The summed E-state index contributed by atoms with van der Waals surface area (Å²) in [6.07, 6.45) is -1.54. The predicted molar refractivity (Wildman–Crippen MR) is 148 cm³/mol. The minimum Gasteiger partial charge on any atom is -0.478 e. The van der Waals surface area contributed by atoms with Crippen molar-refractivity contribution in [3.8, 4) is 0 Å². The molecule has 1 fully saturated rings. The number of carboxylic acids is 1. The van der Waals surface area contributed by atoms with Gasteiger partial charge in [0.2, 0.25) is 0 Å². The van der Waals surface area contributed by atoms with E-state index in [1.54, 1.807) is 36.4 Å². The highest BCUT2D eigenvalue weighted by Crippen LogP contribution is 2.40. The van der Waals surface area contributed by atoms with Gasteiger partial charge in [0.1, 0.15) is 0 Å². The summed E-state index contributed by atoms with van der Waals surface area (Å²) in [5.74, 6) is -0.664. The minimum absolute atomic E-state index is 0.0225. The zero-order valence-corrected chi connectivity index (χ0v) is 23.5. The molecule has 2 aromatic carbocycles. The largest absolute Gasteiger partial charge is 0.478 e. The van der Waals surface area contributed by atoms with Gasteiger partial charge in [-0.2, -0.15) is 26.3 Å². The lowest BCUT2D eigenvalue weighted by molar-refractivity contribution is -0.143. The number of hydrogen-bond acceptors (Lipinski definition) is 2. The van der Waals surface area contributed by atoms with Crippen LogP contribution >= 0.6 is 0 Å². The highest BCUT2D eigenvalue weighted by atomic mass is 19.4. The van der Waals surface area contributed by atoms with Crippen LogP contribution < -0.4 is 5.32 Å². The molecular formula is C31H34F6N2O3. The number of allylic oxidation sites excluding steroid dienone is 2. The van der Waals surface area contributed by atoms with Crippen LogP contribution in [0.25, 0.3) is 6.08 Å². The van der Waals surface area contributed by atoms with Crippen LogP contribution in [0.3, 0.4) is 0 Å². The molecule has 5 nitrogen and oxygen atoms in total. The van der Waals surface area contributed by atoms with E-state index in [0.717, 1.165) is 24.5 Å². The second-order valence-corrected chi connectivity index (χ2v) is 11.5. The molecule has 0 saturated heterocycles. The highest BCUT2D eigenvalue weighted by molar-refractivity contribution is 5.90. The third-order valence-electron chi connectivity index (χ3n) is 7.43. The standard InChI is InChI=1S/C31H34F6N2O3/c1-29(2,3)22-12-14-26(15-13-22)39(19-21-10-8-20(9-11-21)6-4-5-7-27(40)41)28(42)38-25-17-23(30(32,33)34)16-24(18-25)31(35,36)37/h4-11,16-18,22,26H,12-15,19H2,1-3H3,(H,38,42)(H,40,41). The van der Waals surface area contributed by atoms with Gasteiger partial charge in [-0.15, -0.1) is 0 Å². The number of benzene rings is 2. The summed E-state index contributed by atoms with van der Waals surface area (Å²) in [5.41, 5.74) is -2.07. The van der Waals surface area contributed by atoms with E-state index < -0.39 is 41.2 Å². The maximum Gasteiger partial charge on any atom is 0.416 e. The minimum atomic E-state index is -5.04. The molecule has 0 atom stereocenters. The van der Waals surface area contributed by atoms with Crippen LogP contribution in [0.4, 0.5) is 36.8 Å². The molecule has 228 valence electrons. The van der Waals surface area contributed by atoms with Gasteiger partial charge < -0.3 is 15.3 Å². The number of amides is 2. The van der Waals surface area contributed by atoms with Gasteiger partial charge in [-0.1, -0.05) is 63.3 Å². The molecule has 2 amide bonds. The first-order chi connectivity index (χ1) is 19.4. The van der Waals surface area contributed by atoms with Crippen LogP contribution in [0.5, 0.6) is 0 Å². The van der Waals surface area contributed by atoms with Crippen molar-refractivity contribution in [3.05, 3.63) is 82.9 Å². The normalized spacial score (nSPS) is 18.4. The summed E-state index contributed by atoms with van der Waals surface area (Å²) in [5, 5.41) is 11.0. The summed E-state index contributed by atoms with van der Waals surface area (Å²) in [4.78, 5) is 25.6. The Balaban J connectivity index is 1.87. The first-order valence-corrected chi connectivity index (χ1v) is 13.5. The zero-order valence-electron chi connectivity index (χ0n) is 23.5. The summed E-state index contributed by atoms with van der Waals surface area (Å²) < 4.78 is 80.3. The molecule has 0 aromatic heterocycles. The molecule has 1 saturated carbocycles. The Morgan fingerprint density at radius 2 is 1.43 bits per heavy atom. The maximum absolute atomic E-state index is 13.5. The lowest BCUT2D eigenvalue weighted by atomic mass is 9.71. The molecule has 2 aromatic rings. The van der Waals surface area contributed by atoms with Crippen LogP contribution in [0.1, 0.15) is 68.7 Å². The Morgan fingerprint density at radius 1 is 0.881 bits per heavy atom. The number of nitrogens with zero attached hydrogens (tertiary/aromatic N) is 1. The molecular weight excluding hydrogens is 562 g/mol. The third-order valence-corrected chi connectivity index (χ3v) is 7.43. The Bertz CT molecular complexity index is 1270. The smallest absolute Gasteiger partial charge is 0.416 e. The molecule has 42 heavy (non-hydrogen) atoms. The fraction of sp³-hybridized carbons (Fsp3) is 0.419. The van der Waals surface area contributed by atoms with E-state index in [1.165, 1.54) is 11.0 Å². The molecule has 11 heteroatoms. The van der Waals surface area contributed by atoms with Crippen molar-refractivity contribution < 1.29 is 41.0 Å². The van der Waals surface area contributed by atoms with Crippen LogP contribution in [-0.4, -0.2) is 28.0 Å². The first-order valence-electron chi connectivity index (χ1n) is 13.5. The molecule has 0 spiro atoms. The topological polar surface area (TPSA) is 69.6 Å². The van der Waals surface area contributed by atoms with Gasteiger partial charge >= 0.3 is 24.4 Å². The molecule has 0 bridgehead atoms. The average Bonchev–Trinajstić information content (AvgIpc) is 2.89. The van der Waals surface area contributed by atoms with Crippen LogP contribution in [0.15, 0.2) is 60.7 Å². The third kappa shape index (κ3) is 9.39. The van der Waals surface area contributed by atoms with Gasteiger partial charge in [0.05, 0.1) is 11.1 Å². The number of carbonyl (C=O) groups is 2. The molecule has 0 heterocycles. The van der Waals surface area contributed by atoms with E-state index in [4.69, 9.17) is 5.11 Å². The molecule has 3 rings (SSSR count). The number of carbonyl (C=O) groups excluding carboxylic acids is 1. The van der Waals surface area contributed by atoms with Crippen molar-refractivity contribution >= 4 is 23.8 Å². The number of urea groups is 1. The van der Waals surface area contributed by atoms with Crippen molar-refractivity contribution in [1.82, 2.24) is 4.90 Å². The first kappa shape index (κ1) is 32.8. The number of nitrogens with one attached hydrogen (secondary N) is 1. The van der Waals surface area contributed by atoms with Gasteiger partial charge in [-0.25, -0.2) is 9.59 Å². The van der Waals surface area contributed by atoms with Crippen molar-refractivity contribution in [3.63, 3.8) is 0 Å². The van der Waals surface area contributed by atoms with Gasteiger partial charge in [0.15, 0.2) is 0 Å². The summed E-state index contributed by atoms with van der Waals surface area (Å²) >= 11 is 0. The monoisotopic (exact) mass is 596 g/mol. The molecule has 0 aliphatic heterocycles. The van der Waals surface area contributed by atoms with Crippen LogP contribution in [0, 0.1) is 11.3 Å². The number of rotatable bonds is 7. The second-order valence-electron chi connectivity index (χ2n) is 11.5. The van der Waals surface area contributed by atoms with Gasteiger partial charge in [0, 0.05) is 24.4 Å². The molecule has 1 aliphatic carbocycles. The number of aliphatic carboxylic acids is 1. The van der Waals surface area contributed by atoms with E-state index in [1.807, 2.05) is 0 Å².